The molecule has 0 spiro atoms. The van der Waals surface area contributed by atoms with Gasteiger partial charge in [-0.25, -0.2) is 9.78 Å². The summed E-state index contributed by atoms with van der Waals surface area (Å²) in [5, 5.41) is 3.39. The first-order valence-corrected chi connectivity index (χ1v) is 11.8. The van der Waals surface area contributed by atoms with Gasteiger partial charge in [-0.2, -0.15) is 0 Å². The highest BCUT2D eigenvalue weighted by atomic mass is 35.5. The summed E-state index contributed by atoms with van der Waals surface area (Å²) in [6.45, 7) is 3.48. The van der Waals surface area contributed by atoms with Gasteiger partial charge in [-0.15, -0.1) is 0 Å². The van der Waals surface area contributed by atoms with E-state index in [0.717, 1.165) is 5.56 Å². The van der Waals surface area contributed by atoms with E-state index in [1.807, 2.05) is 0 Å². The summed E-state index contributed by atoms with van der Waals surface area (Å²) < 4.78 is 21.7. The Labute approximate surface area is 217 Å². The quantitative estimate of drug-likeness (QED) is 0.260. The van der Waals surface area contributed by atoms with Gasteiger partial charge in [-0.1, -0.05) is 29.3 Å². The average Bonchev–Trinajstić information content (AvgIpc) is 3.29. The number of nitrogens with zero attached hydrogens (tertiary/aromatic N) is 1. The lowest BCUT2D eigenvalue weighted by Crippen LogP contribution is -2.30. The molecule has 0 unspecified atom stereocenters. The van der Waals surface area contributed by atoms with Crippen LogP contribution in [-0.2, 0) is 14.3 Å². The van der Waals surface area contributed by atoms with Crippen molar-refractivity contribution in [1.82, 2.24) is 4.98 Å². The van der Waals surface area contributed by atoms with Crippen molar-refractivity contribution in [3.05, 3.63) is 70.7 Å². The number of anilines is 1. The number of hydrogen-bond donors (Lipinski definition) is 1. The second-order valence-electron chi connectivity index (χ2n) is 7.62. The maximum atomic E-state index is 12.6. The first-order chi connectivity index (χ1) is 17.3. The highest BCUT2D eigenvalue weighted by molar-refractivity contribution is 6.42. The molecule has 0 radical (unpaired) electrons. The van der Waals surface area contributed by atoms with Crippen LogP contribution < -0.4 is 14.8 Å². The van der Waals surface area contributed by atoms with Gasteiger partial charge in [-0.05, 0) is 68.4 Å². The van der Waals surface area contributed by atoms with Crippen molar-refractivity contribution >= 4 is 51.9 Å². The summed E-state index contributed by atoms with van der Waals surface area (Å²) >= 11 is 12.1. The summed E-state index contributed by atoms with van der Waals surface area (Å²) in [6, 6.07) is 17.1. The van der Waals surface area contributed by atoms with Gasteiger partial charge in [0.05, 0.1) is 11.6 Å². The number of aromatic nitrogens is 1. The highest BCUT2D eigenvalue weighted by Crippen LogP contribution is 2.32. The number of rotatable bonds is 9. The Kier molecular flexibility index (Phi) is 7.97. The summed E-state index contributed by atoms with van der Waals surface area (Å²) in [7, 11) is 0. The Morgan fingerprint density at radius 3 is 2.61 bits per heavy atom. The van der Waals surface area contributed by atoms with Crippen LogP contribution >= 0.6 is 23.2 Å². The molecule has 1 N–H and O–H groups in total. The van der Waals surface area contributed by atoms with Crippen molar-refractivity contribution in [2.45, 2.75) is 20.0 Å². The van der Waals surface area contributed by atoms with Gasteiger partial charge in [0.25, 0.3) is 5.91 Å². The van der Waals surface area contributed by atoms with Crippen molar-refractivity contribution in [2.24, 2.45) is 0 Å². The fourth-order valence-electron chi connectivity index (χ4n) is 3.23. The maximum Gasteiger partial charge on any atom is 0.344 e. The van der Waals surface area contributed by atoms with Crippen LogP contribution in [0.25, 0.3) is 22.6 Å². The predicted octanol–water partition coefficient (Wildman–Crippen LogP) is 6.15. The van der Waals surface area contributed by atoms with Crippen LogP contribution in [0.2, 0.25) is 10.0 Å². The number of esters is 1. The van der Waals surface area contributed by atoms with Gasteiger partial charge >= 0.3 is 5.97 Å². The summed E-state index contributed by atoms with van der Waals surface area (Å²) in [6.07, 6.45) is -0.825. The van der Waals surface area contributed by atoms with Gasteiger partial charge < -0.3 is 23.9 Å². The number of benzene rings is 3. The second-order valence-corrected chi connectivity index (χ2v) is 8.41. The molecule has 4 aromatic rings. The minimum atomic E-state index is -0.825. The van der Waals surface area contributed by atoms with Crippen LogP contribution in [0.15, 0.2) is 65.1 Å². The van der Waals surface area contributed by atoms with Gasteiger partial charge in [0.15, 0.2) is 18.3 Å². The fraction of sp³-hybridized carbons (Fsp3) is 0.192. The molecule has 1 heterocycles. The smallest absolute Gasteiger partial charge is 0.344 e. The zero-order chi connectivity index (χ0) is 25.7. The molecule has 10 heteroatoms. The third-order valence-electron chi connectivity index (χ3n) is 5.01. The van der Waals surface area contributed by atoms with Gasteiger partial charge in [-0.3, -0.25) is 4.79 Å². The Bertz CT molecular complexity index is 1390. The van der Waals surface area contributed by atoms with Crippen LogP contribution in [0, 0.1) is 0 Å². The highest BCUT2D eigenvalue weighted by Gasteiger charge is 2.18. The van der Waals surface area contributed by atoms with E-state index in [4.69, 9.17) is 41.8 Å². The molecule has 4 rings (SSSR count). The van der Waals surface area contributed by atoms with E-state index in [9.17, 15) is 9.59 Å². The molecule has 0 aliphatic heterocycles. The van der Waals surface area contributed by atoms with Crippen molar-refractivity contribution in [3.8, 4) is 23.0 Å². The lowest BCUT2D eigenvalue weighted by atomic mass is 10.2. The minimum absolute atomic E-state index is 0.166. The molecule has 0 bridgehead atoms. The number of fused-ring (bicyclic) bond motifs is 1. The topological polar surface area (TPSA) is 99.9 Å². The van der Waals surface area contributed by atoms with Gasteiger partial charge in [0.2, 0.25) is 5.89 Å². The number of carbonyl (C=O) groups excluding carboxylic acids is 2. The largest absolute Gasteiger partial charge is 0.482 e. The summed E-state index contributed by atoms with van der Waals surface area (Å²) in [5.74, 6) is 0.437. The number of halogens is 2. The van der Waals surface area contributed by atoms with E-state index in [0.29, 0.717) is 45.8 Å². The number of ether oxygens (including phenoxy) is 3. The average molecular weight is 529 g/mol. The molecule has 0 saturated heterocycles. The monoisotopic (exact) mass is 528 g/mol. The number of hydrogen-bond acceptors (Lipinski definition) is 7. The zero-order valence-corrected chi connectivity index (χ0v) is 20.9. The molecule has 0 aliphatic rings. The SMILES string of the molecule is CCOC(=O)COc1ccc(-c2nc3cc(NC(=O)[C@H](C)Oc4cccc(Cl)c4Cl)ccc3o2)cc1. The molecule has 0 fully saturated rings. The van der Waals surface area contributed by atoms with Crippen molar-refractivity contribution in [2.75, 3.05) is 18.5 Å². The van der Waals surface area contributed by atoms with Crippen LogP contribution in [0.1, 0.15) is 13.8 Å². The normalized spacial score (nSPS) is 11.7. The number of amides is 1. The van der Waals surface area contributed by atoms with Crippen molar-refractivity contribution in [3.63, 3.8) is 0 Å². The number of carbonyl (C=O) groups is 2. The number of oxazole rings is 1. The molecule has 3 aromatic carbocycles. The van der Waals surface area contributed by atoms with E-state index in [2.05, 4.69) is 10.3 Å². The Morgan fingerprint density at radius 2 is 1.86 bits per heavy atom. The van der Waals surface area contributed by atoms with Crippen molar-refractivity contribution < 1.29 is 28.2 Å². The van der Waals surface area contributed by atoms with E-state index in [1.54, 1.807) is 74.5 Å². The maximum absolute atomic E-state index is 12.6. The predicted molar refractivity (Wildman–Crippen MR) is 137 cm³/mol. The van der Waals surface area contributed by atoms with Crippen LogP contribution in [0.4, 0.5) is 5.69 Å². The molecule has 186 valence electrons. The third-order valence-corrected chi connectivity index (χ3v) is 5.81. The van der Waals surface area contributed by atoms with Gasteiger partial charge in [0.1, 0.15) is 22.0 Å². The van der Waals surface area contributed by atoms with E-state index < -0.39 is 12.1 Å². The number of nitrogens with one attached hydrogen (secondary N) is 1. The molecule has 8 nitrogen and oxygen atoms in total. The molecular formula is C26H22Cl2N2O6. The molecule has 36 heavy (non-hydrogen) atoms. The van der Waals surface area contributed by atoms with E-state index in [-0.39, 0.29) is 17.5 Å². The first-order valence-electron chi connectivity index (χ1n) is 11.0. The first kappa shape index (κ1) is 25.3. The molecule has 1 amide bonds. The van der Waals surface area contributed by atoms with Crippen LogP contribution in [-0.4, -0.2) is 36.2 Å². The van der Waals surface area contributed by atoms with Crippen LogP contribution in [0.3, 0.4) is 0 Å². The Morgan fingerprint density at radius 1 is 1.08 bits per heavy atom. The third kappa shape index (κ3) is 6.08. The molecule has 1 aromatic heterocycles. The lowest BCUT2D eigenvalue weighted by molar-refractivity contribution is -0.145. The van der Waals surface area contributed by atoms with E-state index in [1.165, 1.54) is 0 Å². The minimum Gasteiger partial charge on any atom is -0.482 e. The molecule has 1 atom stereocenters. The summed E-state index contributed by atoms with van der Waals surface area (Å²) in [5.41, 5.74) is 2.38. The molecular weight excluding hydrogens is 507 g/mol. The fourth-order valence-corrected chi connectivity index (χ4v) is 3.57. The molecule has 0 aliphatic carbocycles. The zero-order valence-electron chi connectivity index (χ0n) is 19.4. The standard InChI is InChI=1S/C26H22Cl2N2O6/c1-3-33-23(31)14-34-18-10-7-16(8-11-18)26-30-20-13-17(9-12-21(20)36-26)29-25(32)15(2)35-22-6-4-5-19(27)24(22)28/h4-13,15H,3,14H2,1-2H3,(H,29,32)/t15-/m0/s1. The van der Waals surface area contributed by atoms with E-state index >= 15 is 0 Å². The summed E-state index contributed by atoms with van der Waals surface area (Å²) in [4.78, 5) is 28.6. The molecule has 0 saturated carbocycles. The second kappa shape index (κ2) is 11.3. The van der Waals surface area contributed by atoms with Crippen molar-refractivity contribution in [1.29, 1.82) is 0 Å². The Hall–Kier alpha value is -3.75. The Balaban J connectivity index is 1.41. The van der Waals surface area contributed by atoms with Gasteiger partial charge in [0, 0.05) is 11.3 Å². The lowest BCUT2D eigenvalue weighted by Gasteiger charge is -2.16. The van der Waals surface area contributed by atoms with Crippen LogP contribution in [0.5, 0.6) is 11.5 Å².